The van der Waals surface area contributed by atoms with Gasteiger partial charge < -0.3 is 25.2 Å². The van der Waals surface area contributed by atoms with E-state index in [0.717, 1.165) is 57.8 Å². The van der Waals surface area contributed by atoms with Crippen molar-refractivity contribution in [2.45, 2.75) is 212 Å². The summed E-state index contributed by atoms with van der Waals surface area (Å²) in [5.41, 5.74) is 5.36. The molecule has 0 aliphatic rings. The van der Waals surface area contributed by atoms with Gasteiger partial charge in [0, 0.05) is 13.0 Å². The number of esters is 1. The van der Waals surface area contributed by atoms with Crippen molar-refractivity contribution in [3.63, 3.8) is 0 Å². The lowest BCUT2D eigenvalue weighted by Gasteiger charge is -2.20. The molecule has 4 N–H and O–H groups in total. The molecule has 0 aromatic heterocycles. The maximum Gasteiger partial charge on any atom is 0.472 e. The Labute approximate surface area is 378 Å². The van der Waals surface area contributed by atoms with Gasteiger partial charge in [0.15, 0.2) is 0 Å². The van der Waals surface area contributed by atoms with Gasteiger partial charge in [-0.2, -0.15) is 0 Å². The summed E-state index contributed by atoms with van der Waals surface area (Å²) >= 11 is 0. The van der Waals surface area contributed by atoms with Crippen molar-refractivity contribution in [2.75, 3.05) is 26.4 Å². The minimum atomic E-state index is -4.64. The maximum atomic E-state index is 12.6. The molecule has 0 saturated heterocycles. The van der Waals surface area contributed by atoms with Gasteiger partial charge in [0.25, 0.3) is 0 Å². The number of aliphatic carboxylic acids is 1. The lowest BCUT2D eigenvalue weighted by Crippen LogP contribution is -2.34. The van der Waals surface area contributed by atoms with Crippen molar-refractivity contribution in [1.82, 2.24) is 0 Å². The fraction of sp³-hybridized carbons (Fsp3) is 0.725. The first-order valence-electron chi connectivity index (χ1n) is 24.5. The van der Waals surface area contributed by atoms with Gasteiger partial charge in [-0.15, -0.1) is 0 Å². The lowest BCUT2D eigenvalue weighted by molar-refractivity contribution is -0.154. The smallest absolute Gasteiger partial charge is 0.472 e. The van der Waals surface area contributed by atoms with Gasteiger partial charge in [-0.3, -0.25) is 18.6 Å². The van der Waals surface area contributed by atoms with E-state index >= 15 is 0 Å². The number of phosphoric acid groups is 1. The zero-order valence-corrected chi connectivity index (χ0v) is 40.1. The molecule has 0 rings (SSSR count). The molecule has 11 heteroatoms. The highest BCUT2D eigenvalue weighted by Gasteiger charge is 2.27. The number of carboxylic acid groups (broad SMARTS) is 1. The maximum absolute atomic E-state index is 12.6. The molecule has 0 spiro atoms. The van der Waals surface area contributed by atoms with Crippen molar-refractivity contribution in [3.8, 4) is 0 Å². The molecule has 0 saturated carbocycles. The number of hydrogen-bond donors (Lipinski definition) is 3. The van der Waals surface area contributed by atoms with Gasteiger partial charge in [0.2, 0.25) is 0 Å². The van der Waals surface area contributed by atoms with Gasteiger partial charge in [-0.1, -0.05) is 215 Å². The summed E-state index contributed by atoms with van der Waals surface area (Å²) in [7, 11) is -4.64. The van der Waals surface area contributed by atoms with Crippen LogP contribution in [-0.2, 0) is 32.7 Å². The van der Waals surface area contributed by atoms with E-state index in [-0.39, 0.29) is 13.0 Å². The molecule has 0 aliphatic carbocycles. The number of phosphoric ester groups is 1. The molecule has 0 radical (unpaired) electrons. The Morgan fingerprint density at radius 1 is 0.532 bits per heavy atom. The van der Waals surface area contributed by atoms with Gasteiger partial charge in [0.05, 0.1) is 19.8 Å². The van der Waals surface area contributed by atoms with Gasteiger partial charge in [-0.25, -0.2) is 4.57 Å². The first-order valence-corrected chi connectivity index (χ1v) is 26.0. The Hall–Kier alpha value is -2.59. The quantitative estimate of drug-likeness (QED) is 0.0233. The van der Waals surface area contributed by atoms with E-state index in [4.69, 9.17) is 29.4 Å². The third kappa shape index (κ3) is 45.4. The summed E-state index contributed by atoms with van der Waals surface area (Å²) in [5, 5.41) is 8.92. The molecule has 0 amide bonds. The van der Waals surface area contributed by atoms with Crippen molar-refractivity contribution in [2.24, 2.45) is 5.73 Å². The molecule has 0 fully saturated rings. The Morgan fingerprint density at radius 2 is 0.903 bits per heavy atom. The minimum absolute atomic E-state index is 0.0144. The Balaban J connectivity index is 4.26. The fourth-order valence-corrected chi connectivity index (χ4v) is 7.29. The van der Waals surface area contributed by atoms with Gasteiger partial charge in [-0.05, 0) is 51.4 Å². The average Bonchev–Trinajstić information content (AvgIpc) is 3.25. The number of carboxylic acids is 1. The largest absolute Gasteiger partial charge is 0.480 e. The molecule has 0 aliphatic heterocycles. The van der Waals surface area contributed by atoms with Crippen LogP contribution in [0.3, 0.4) is 0 Å². The van der Waals surface area contributed by atoms with Crippen LogP contribution in [0.15, 0.2) is 72.9 Å². The van der Waals surface area contributed by atoms with Crippen molar-refractivity contribution >= 4 is 19.8 Å². The summed E-state index contributed by atoms with van der Waals surface area (Å²) in [6.45, 7) is 3.69. The molecule has 0 heterocycles. The summed E-state index contributed by atoms with van der Waals surface area (Å²) in [6, 6.07) is -1.49. The molecular formula is C51H90NO9P. The second kappa shape index (κ2) is 46.4. The van der Waals surface area contributed by atoms with Crippen LogP contribution >= 0.6 is 7.82 Å². The van der Waals surface area contributed by atoms with E-state index in [1.165, 1.54) is 116 Å². The molecule has 62 heavy (non-hydrogen) atoms. The number of allylic oxidation sites excluding steroid dienone is 12. The fourth-order valence-electron chi connectivity index (χ4n) is 6.51. The third-order valence-electron chi connectivity index (χ3n) is 10.3. The molecule has 0 bridgehead atoms. The normalized spacial score (nSPS) is 14.4. The zero-order valence-electron chi connectivity index (χ0n) is 39.2. The second-order valence-electron chi connectivity index (χ2n) is 16.2. The third-order valence-corrected chi connectivity index (χ3v) is 11.2. The molecule has 3 atom stereocenters. The molecule has 0 aromatic rings. The Bertz CT molecular complexity index is 1260. The van der Waals surface area contributed by atoms with E-state index in [1.807, 2.05) is 12.2 Å². The SMILES string of the molecule is CC/C=C\C/C=C\C/C=C\C/C=C\C/C=C\C/C=C\CCC(=O)OC(COCCCCCCCCCCCCCCCCCCCCCCC)COP(=O)(O)OCC(N)C(=O)O. The van der Waals surface area contributed by atoms with Crippen LogP contribution in [0.25, 0.3) is 0 Å². The Morgan fingerprint density at radius 3 is 1.31 bits per heavy atom. The summed E-state index contributed by atoms with van der Waals surface area (Å²) in [6.07, 6.45) is 58.4. The predicted molar refractivity (Wildman–Crippen MR) is 258 cm³/mol. The number of rotatable bonds is 46. The number of unbranched alkanes of at least 4 members (excludes halogenated alkanes) is 20. The molecule has 10 nitrogen and oxygen atoms in total. The Kier molecular flexibility index (Phi) is 44.5. The highest BCUT2D eigenvalue weighted by Crippen LogP contribution is 2.43. The van der Waals surface area contributed by atoms with Crippen LogP contribution in [0.5, 0.6) is 0 Å². The van der Waals surface area contributed by atoms with Crippen molar-refractivity contribution in [3.05, 3.63) is 72.9 Å². The number of nitrogens with two attached hydrogens (primary N) is 1. The van der Waals surface area contributed by atoms with E-state index in [2.05, 4.69) is 74.6 Å². The second-order valence-corrected chi connectivity index (χ2v) is 17.7. The van der Waals surface area contributed by atoms with Crippen LogP contribution in [-0.4, -0.2) is 60.5 Å². The first kappa shape index (κ1) is 59.4. The number of carbonyl (C=O) groups excluding carboxylic acids is 1. The molecule has 3 unspecified atom stereocenters. The number of hydrogen-bond acceptors (Lipinski definition) is 8. The average molecular weight is 892 g/mol. The monoisotopic (exact) mass is 892 g/mol. The van der Waals surface area contributed by atoms with Crippen LogP contribution in [0.2, 0.25) is 0 Å². The molecule has 0 aromatic carbocycles. The summed E-state index contributed by atoms with van der Waals surface area (Å²) < 4.78 is 33.4. The van der Waals surface area contributed by atoms with Crippen LogP contribution < -0.4 is 5.73 Å². The predicted octanol–water partition coefficient (Wildman–Crippen LogP) is 14.2. The van der Waals surface area contributed by atoms with Crippen LogP contribution in [0, 0.1) is 0 Å². The van der Waals surface area contributed by atoms with E-state index in [1.54, 1.807) is 0 Å². The summed E-state index contributed by atoms with van der Waals surface area (Å²) in [5.74, 6) is -1.87. The highest BCUT2D eigenvalue weighted by atomic mass is 31.2. The highest BCUT2D eigenvalue weighted by molar-refractivity contribution is 7.47. The van der Waals surface area contributed by atoms with Crippen LogP contribution in [0.1, 0.15) is 200 Å². The van der Waals surface area contributed by atoms with E-state index in [9.17, 15) is 19.0 Å². The van der Waals surface area contributed by atoms with Gasteiger partial charge >= 0.3 is 19.8 Å². The summed E-state index contributed by atoms with van der Waals surface area (Å²) in [4.78, 5) is 33.6. The zero-order chi connectivity index (χ0) is 45.5. The van der Waals surface area contributed by atoms with Crippen molar-refractivity contribution in [1.29, 1.82) is 0 Å². The van der Waals surface area contributed by atoms with E-state index in [0.29, 0.717) is 13.0 Å². The number of ether oxygens (including phenoxy) is 2. The van der Waals surface area contributed by atoms with Crippen LogP contribution in [0.4, 0.5) is 0 Å². The van der Waals surface area contributed by atoms with Gasteiger partial charge in [0.1, 0.15) is 12.1 Å². The lowest BCUT2D eigenvalue weighted by atomic mass is 10.0. The van der Waals surface area contributed by atoms with Crippen molar-refractivity contribution < 1.29 is 42.7 Å². The minimum Gasteiger partial charge on any atom is -0.480 e. The number of carbonyl (C=O) groups is 2. The van der Waals surface area contributed by atoms with E-state index < -0.39 is 45.1 Å². The first-order chi connectivity index (χ1) is 30.2. The topological polar surface area (TPSA) is 155 Å². The molecule has 358 valence electrons. The molecular weight excluding hydrogens is 802 g/mol. The standard InChI is InChI=1S/C51H90NO9P/c1-3-5-7-9-11-13-15-17-19-21-23-24-26-28-30-32-34-36-38-40-42-44-58-45-48(46-59-62(56,57)60-47-49(52)51(54)55)61-50(53)43-41-39-37-35-33-31-29-27-25-22-20-18-16-14-12-10-8-6-4-2/h6,8,12,14,18,20,25,27,31,33,37,39,48-49H,3-5,7,9-11,13,15-17,19,21-24,26,28-30,32,34-36,38,40-47,52H2,1-2H3,(H,54,55)(H,56,57)/b8-6-,14-12-,20-18-,27-25-,33-31-,39-37-.